The Morgan fingerprint density at radius 3 is 2.35 bits per heavy atom. The fourth-order valence-corrected chi connectivity index (χ4v) is 9.73. The predicted molar refractivity (Wildman–Crippen MR) is 186 cm³/mol. The lowest BCUT2D eigenvalue weighted by Crippen LogP contribution is -2.67. The zero-order valence-corrected chi connectivity index (χ0v) is 30.6. The molecule has 2 aromatic carbocycles. The summed E-state index contributed by atoms with van der Waals surface area (Å²) in [4.78, 5) is 25.3. The van der Waals surface area contributed by atoms with Crippen molar-refractivity contribution in [1.82, 2.24) is 0 Å². The first-order valence-corrected chi connectivity index (χ1v) is 19.8. The summed E-state index contributed by atoms with van der Waals surface area (Å²) in [6.07, 6.45) is -0.461. The van der Waals surface area contributed by atoms with E-state index in [-0.39, 0.29) is 17.9 Å². The van der Waals surface area contributed by atoms with Crippen molar-refractivity contribution >= 4 is 25.3 Å². The van der Waals surface area contributed by atoms with E-state index < -0.39 is 62.0 Å². The maximum Gasteiger partial charge on any atom is 0.354 e. The molecule has 0 radical (unpaired) electrons. The minimum Gasteiger partial charge on any atom is -0.487 e. The van der Waals surface area contributed by atoms with Gasteiger partial charge in [-0.2, -0.15) is 0 Å². The Morgan fingerprint density at radius 1 is 1.02 bits per heavy atom. The zero-order valence-electron chi connectivity index (χ0n) is 29.6. The van der Waals surface area contributed by atoms with E-state index in [1.165, 1.54) is 0 Å². The molecule has 0 amide bonds. The van der Waals surface area contributed by atoms with Crippen molar-refractivity contribution in [1.29, 1.82) is 0 Å². The number of aromatic carboxylic acids is 1. The number of carboxylic acids is 1. The lowest BCUT2D eigenvalue weighted by Gasteiger charge is -2.52. The Labute approximate surface area is 288 Å². The smallest absolute Gasteiger partial charge is 0.354 e. The van der Waals surface area contributed by atoms with E-state index in [0.717, 1.165) is 43.0 Å². The monoisotopic (exact) mass is 698 g/mol. The third-order valence-electron chi connectivity index (χ3n) is 9.93. The average Bonchev–Trinajstić information content (AvgIpc) is 3.09. The van der Waals surface area contributed by atoms with Gasteiger partial charge >= 0.3 is 11.6 Å². The van der Waals surface area contributed by atoms with Gasteiger partial charge in [0.05, 0.1) is 11.0 Å². The van der Waals surface area contributed by atoms with Gasteiger partial charge < -0.3 is 42.4 Å². The highest BCUT2D eigenvalue weighted by Crippen LogP contribution is 2.41. The third-order valence-corrected chi connectivity index (χ3v) is 14.6. The maximum absolute atomic E-state index is 13.1. The summed E-state index contributed by atoms with van der Waals surface area (Å²) in [6, 6.07) is 15.4. The summed E-state index contributed by atoms with van der Waals surface area (Å²) < 4.78 is 50.9. The van der Waals surface area contributed by atoms with Crippen molar-refractivity contribution in [3.05, 3.63) is 69.6 Å². The van der Waals surface area contributed by atoms with Crippen molar-refractivity contribution in [2.45, 2.75) is 122 Å². The number of rotatable bonds is 14. The van der Waals surface area contributed by atoms with Gasteiger partial charge in [-0.3, -0.25) is 0 Å². The molecule has 2 aliphatic rings. The highest BCUT2D eigenvalue weighted by Gasteiger charge is 2.55. The quantitative estimate of drug-likeness (QED) is 0.135. The third kappa shape index (κ3) is 7.89. The minimum atomic E-state index is -2.19. The summed E-state index contributed by atoms with van der Waals surface area (Å²) in [5.74, 6) is -1.14. The van der Waals surface area contributed by atoms with Crippen LogP contribution in [-0.2, 0) is 30.0 Å². The van der Waals surface area contributed by atoms with E-state index >= 15 is 0 Å². The van der Waals surface area contributed by atoms with Gasteiger partial charge in [-0.25, -0.2) is 9.59 Å². The standard InChI is InChI=1S/C37H50O11Si/c1-8-49(9-2,10-3)48-31-32(45-27-18-14-15-21-42-27)36(47-37(5,6)33(31)41-7)44-26-20-19-25-29(23(26)4)46-35(40)28(34(38)39)30(25)43-22-24-16-12-11-13-17-24/h11-13,16-17,19-20,27,31-33,36H,8-10,14-15,18,21-22H2,1-7H3,(H,38,39)/t27?,31-,32+,33+,36+/m0/s1. The molecule has 5 atom stereocenters. The van der Waals surface area contributed by atoms with Crippen LogP contribution >= 0.6 is 0 Å². The van der Waals surface area contributed by atoms with Gasteiger partial charge in [0, 0.05) is 19.3 Å². The number of carboxylic acid groups (broad SMARTS) is 1. The molecule has 0 bridgehead atoms. The van der Waals surface area contributed by atoms with E-state index in [2.05, 4.69) is 20.8 Å². The summed E-state index contributed by atoms with van der Waals surface area (Å²) >= 11 is 0. The number of hydrogen-bond acceptors (Lipinski definition) is 10. The number of fused-ring (bicyclic) bond motifs is 1. The fourth-order valence-electron chi connectivity index (χ4n) is 6.89. The number of methoxy groups -OCH3 is 1. The van der Waals surface area contributed by atoms with Crippen LogP contribution in [0.4, 0.5) is 0 Å². The molecule has 1 aromatic heterocycles. The van der Waals surface area contributed by atoms with Gasteiger partial charge in [0.1, 0.15) is 30.1 Å². The molecule has 2 saturated heterocycles. The van der Waals surface area contributed by atoms with E-state index in [0.29, 0.717) is 23.3 Å². The van der Waals surface area contributed by atoms with Gasteiger partial charge in [0.2, 0.25) is 6.29 Å². The van der Waals surface area contributed by atoms with Gasteiger partial charge in [-0.05, 0) is 75.9 Å². The van der Waals surface area contributed by atoms with E-state index in [4.69, 9.17) is 37.3 Å². The van der Waals surface area contributed by atoms with E-state index in [1.54, 1.807) is 26.2 Å². The van der Waals surface area contributed by atoms with Crippen LogP contribution < -0.4 is 15.1 Å². The lowest BCUT2D eigenvalue weighted by molar-refractivity contribution is -0.336. The van der Waals surface area contributed by atoms with Crippen LogP contribution in [0, 0.1) is 6.92 Å². The van der Waals surface area contributed by atoms with Crippen molar-refractivity contribution < 1.29 is 47.2 Å². The molecule has 2 aliphatic heterocycles. The second kappa shape index (κ2) is 15.7. The van der Waals surface area contributed by atoms with E-state index in [9.17, 15) is 14.7 Å². The van der Waals surface area contributed by atoms with Crippen molar-refractivity contribution in [3.8, 4) is 11.5 Å². The molecule has 1 unspecified atom stereocenters. The SMILES string of the molecule is CC[Si](CC)(CC)O[C@H]1[C@@H](OC2CCCCO2)[C@H](Oc2ccc3c(OCc4ccccc4)c(C(=O)O)c(=O)oc3c2C)OC(C)(C)[C@@H]1OC. The second-order valence-electron chi connectivity index (χ2n) is 13.3. The number of ether oxygens (including phenoxy) is 6. The molecular weight excluding hydrogens is 648 g/mol. The Bertz CT molecular complexity index is 1620. The van der Waals surface area contributed by atoms with Gasteiger partial charge in [0.15, 0.2) is 32.0 Å². The van der Waals surface area contributed by atoms with Crippen LogP contribution in [0.1, 0.15) is 75.4 Å². The van der Waals surface area contributed by atoms with E-state index in [1.807, 2.05) is 44.2 Å². The molecule has 3 aromatic rings. The number of aryl methyl sites for hydroxylation is 1. The maximum atomic E-state index is 13.1. The first-order chi connectivity index (χ1) is 23.5. The summed E-state index contributed by atoms with van der Waals surface area (Å²) in [5, 5.41) is 10.3. The van der Waals surface area contributed by atoms with Crippen molar-refractivity contribution in [2.24, 2.45) is 0 Å². The Balaban J connectivity index is 1.56. The Morgan fingerprint density at radius 2 is 1.73 bits per heavy atom. The molecule has 5 rings (SSSR count). The molecule has 12 heteroatoms. The lowest BCUT2D eigenvalue weighted by atomic mass is 9.89. The first kappa shape index (κ1) is 37.0. The largest absolute Gasteiger partial charge is 0.487 e. The number of hydrogen-bond donors (Lipinski definition) is 1. The number of carbonyl (C=O) groups is 1. The van der Waals surface area contributed by atoms with Crippen LogP contribution in [0.15, 0.2) is 51.7 Å². The van der Waals surface area contributed by atoms with Gasteiger partial charge in [-0.1, -0.05) is 51.1 Å². The van der Waals surface area contributed by atoms with Gasteiger partial charge in [-0.15, -0.1) is 0 Å². The van der Waals surface area contributed by atoms with Crippen LogP contribution in [0.2, 0.25) is 18.1 Å². The Hall–Kier alpha value is -3.26. The highest BCUT2D eigenvalue weighted by molar-refractivity contribution is 6.73. The molecule has 49 heavy (non-hydrogen) atoms. The molecule has 2 fully saturated rings. The summed E-state index contributed by atoms with van der Waals surface area (Å²) in [6.45, 7) is 12.8. The van der Waals surface area contributed by atoms with Gasteiger partial charge in [0.25, 0.3) is 0 Å². The molecule has 3 heterocycles. The van der Waals surface area contributed by atoms with Crippen LogP contribution in [0.25, 0.3) is 11.0 Å². The second-order valence-corrected chi connectivity index (χ2v) is 18.0. The topological polar surface area (TPSA) is 132 Å². The molecule has 0 aliphatic carbocycles. The Kier molecular flexibility index (Phi) is 11.9. The fraction of sp³-hybridized carbons (Fsp3) is 0.568. The average molecular weight is 699 g/mol. The van der Waals surface area contributed by atoms with Crippen LogP contribution in [-0.4, -0.2) is 69.6 Å². The van der Waals surface area contributed by atoms with Crippen LogP contribution in [0.5, 0.6) is 11.5 Å². The number of benzene rings is 2. The molecular formula is C37H50O11Si. The minimum absolute atomic E-state index is 0.0599. The van der Waals surface area contributed by atoms with Crippen molar-refractivity contribution in [3.63, 3.8) is 0 Å². The first-order valence-electron chi connectivity index (χ1n) is 17.3. The van der Waals surface area contributed by atoms with Crippen LogP contribution in [0.3, 0.4) is 0 Å². The molecule has 0 spiro atoms. The zero-order chi connectivity index (χ0) is 35.3. The summed E-state index contributed by atoms with van der Waals surface area (Å²) in [5.41, 5.74) is -0.999. The predicted octanol–water partition coefficient (Wildman–Crippen LogP) is 7.21. The van der Waals surface area contributed by atoms with Crippen molar-refractivity contribution in [2.75, 3.05) is 13.7 Å². The normalized spacial score (nSPS) is 24.1. The molecule has 268 valence electrons. The molecule has 1 N–H and O–H groups in total. The molecule has 11 nitrogen and oxygen atoms in total. The molecule has 0 saturated carbocycles. The summed E-state index contributed by atoms with van der Waals surface area (Å²) in [7, 11) is -0.526. The highest BCUT2D eigenvalue weighted by atomic mass is 28.4.